The molecule has 2 rings (SSSR count). The first-order valence-electron chi connectivity index (χ1n) is 8.41. The van der Waals surface area contributed by atoms with Gasteiger partial charge in [-0.3, -0.25) is 4.79 Å². The monoisotopic (exact) mass is 359 g/mol. The summed E-state index contributed by atoms with van der Waals surface area (Å²) in [6.07, 6.45) is 0.930. The van der Waals surface area contributed by atoms with Crippen molar-refractivity contribution in [2.24, 2.45) is 0 Å². The van der Waals surface area contributed by atoms with Crippen LogP contribution in [0.15, 0.2) is 36.4 Å². The number of rotatable bonds is 9. The number of nitrogens with one attached hydrogen (secondary N) is 1. The molecule has 6 nitrogen and oxygen atoms in total. The molecule has 0 bridgehead atoms. The van der Waals surface area contributed by atoms with Crippen LogP contribution in [0.25, 0.3) is 0 Å². The van der Waals surface area contributed by atoms with E-state index in [1.165, 1.54) is 0 Å². The van der Waals surface area contributed by atoms with Crippen molar-refractivity contribution in [3.05, 3.63) is 47.5 Å². The molecular weight excluding hydrogens is 334 g/mol. The maximum Gasteiger partial charge on any atom is 0.255 e. The van der Waals surface area contributed by atoms with E-state index in [1.54, 1.807) is 57.7 Å². The van der Waals surface area contributed by atoms with E-state index in [2.05, 4.69) is 5.32 Å². The molecule has 0 fully saturated rings. The van der Waals surface area contributed by atoms with Gasteiger partial charge in [-0.25, -0.2) is 0 Å². The first-order valence-corrected chi connectivity index (χ1v) is 8.41. The number of hydrogen-bond acceptors (Lipinski definition) is 5. The van der Waals surface area contributed by atoms with Gasteiger partial charge in [0, 0.05) is 23.8 Å². The minimum absolute atomic E-state index is 0.243. The summed E-state index contributed by atoms with van der Waals surface area (Å²) in [6.45, 7) is 3.09. The molecule has 0 spiro atoms. The quantitative estimate of drug-likeness (QED) is 0.688. The third-order valence-electron chi connectivity index (χ3n) is 3.81. The molecule has 0 aromatic heterocycles. The van der Waals surface area contributed by atoms with E-state index in [4.69, 9.17) is 18.9 Å². The van der Waals surface area contributed by atoms with Crippen LogP contribution in [0.5, 0.6) is 17.2 Å². The molecule has 0 aliphatic heterocycles. The molecular formula is C20H25NO5. The van der Waals surface area contributed by atoms with Crippen molar-refractivity contribution in [3.8, 4) is 17.2 Å². The van der Waals surface area contributed by atoms with Gasteiger partial charge in [-0.2, -0.15) is 0 Å². The maximum atomic E-state index is 12.6. The fourth-order valence-electron chi connectivity index (χ4n) is 2.46. The topological polar surface area (TPSA) is 66.0 Å². The SMILES string of the molecule is CCCOCc1cc(C(=O)Nc2ccc(OC)cc2OC)ccc1OC. The Morgan fingerprint density at radius 1 is 0.962 bits per heavy atom. The van der Waals surface area contributed by atoms with Crippen LogP contribution in [0.4, 0.5) is 5.69 Å². The first-order chi connectivity index (χ1) is 12.6. The van der Waals surface area contributed by atoms with Crippen LogP contribution < -0.4 is 19.5 Å². The van der Waals surface area contributed by atoms with Crippen LogP contribution in [0, 0.1) is 0 Å². The maximum absolute atomic E-state index is 12.6. The van der Waals surface area contributed by atoms with E-state index in [0.29, 0.717) is 41.7 Å². The highest BCUT2D eigenvalue weighted by atomic mass is 16.5. The fourth-order valence-corrected chi connectivity index (χ4v) is 2.46. The molecule has 1 N–H and O–H groups in total. The molecule has 0 atom stereocenters. The summed E-state index contributed by atoms with van der Waals surface area (Å²) in [5, 5.41) is 2.86. The van der Waals surface area contributed by atoms with E-state index in [0.717, 1.165) is 12.0 Å². The number of carbonyl (C=O) groups is 1. The summed E-state index contributed by atoms with van der Waals surface area (Å²) in [7, 11) is 4.72. The molecule has 0 saturated heterocycles. The van der Waals surface area contributed by atoms with Gasteiger partial charge in [0.15, 0.2) is 0 Å². The number of amides is 1. The Labute approximate surface area is 154 Å². The van der Waals surface area contributed by atoms with Gasteiger partial charge in [0.1, 0.15) is 17.2 Å². The molecule has 6 heteroatoms. The largest absolute Gasteiger partial charge is 0.497 e. The highest BCUT2D eigenvalue weighted by Gasteiger charge is 2.13. The van der Waals surface area contributed by atoms with Gasteiger partial charge in [-0.15, -0.1) is 0 Å². The van der Waals surface area contributed by atoms with Crippen molar-refractivity contribution in [1.29, 1.82) is 0 Å². The Balaban J connectivity index is 2.20. The van der Waals surface area contributed by atoms with Gasteiger partial charge in [-0.05, 0) is 36.8 Å². The summed E-state index contributed by atoms with van der Waals surface area (Å²) in [6, 6.07) is 10.5. The molecule has 1 amide bonds. The molecule has 140 valence electrons. The van der Waals surface area contributed by atoms with E-state index in [-0.39, 0.29) is 5.91 Å². The molecule has 2 aromatic carbocycles. The van der Waals surface area contributed by atoms with Crippen LogP contribution in [-0.2, 0) is 11.3 Å². The highest BCUT2D eigenvalue weighted by molar-refractivity contribution is 6.05. The van der Waals surface area contributed by atoms with Crippen molar-refractivity contribution < 1.29 is 23.7 Å². The van der Waals surface area contributed by atoms with E-state index in [9.17, 15) is 4.79 Å². The molecule has 0 aliphatic rings. The van der Waals surface area contributed by atoms with Crippen molar-refractivity contribution in [2.75, 3.05) is 33.3 Å². The number of anilines is 1. The van der Waals surface area contributed by atoms with E-state index < -0.39 is 0 Å². The smallest absolute Gasteiger partial charge is 0.255 e. The van der Waals surface area contributed by atoms with Crippen LogP contribution in [0.3, 0.4) is 0 Å². The molecule has 2 aromatic rings. The number of hydrogen-bond donors (Lipinski definition) is 1. The first kappa shape index (κ1) is 19.6. The molecule has 0 radical (unpaired) electrons. The second-order valence-corrected chi connectivity index (χ2v) is 5.60. The normalized spacial score (nSPS) is 10.3. The number of methoxy groups -OCH3 is 3. The van der Waals surface area contributed by atoms with Gasteiger partial charge in [0.2, 0.25) is 0 Å². The molecule has 26 heavy (non-hydrogen) atoms. The average molecular weight is 359 g/mol. The number of ether oxygens (including phenoxy) is 4. The Morgan fingerprint density at radius 3 is 2.38 bits per heavy atom. The Bertz CT molecular complexity index is 745. The van der Waals surface area contributed by atoms with E-state index in [1.807, 2.05) is 6.92 Å². The highest BCUT2D eigenvalue weighted by Crippen LogP contribution is 2.30. The van der Waals surface area contributed by atoms with Crippen molar-refractivity contribution >= 4 is 11.6 Å². The third-order valence-corrected chi connectivity index (χ3v) is 3.81. The Kier molecular flexibility index (Phi) is 7.29. The fraction of sp³-hybridized carbons (Fsp3) is 0.350. The summed E-state index contributed by atoms with van der Waals surface area (Å²) >= 11 is 0. The van der Waals surface area contributed by atoms with Crippen LogP contribution in [0.2, 0.25) is 0 Å². The lowest BCUT2D eigenvalue weighted by Crippen LogP contribution is -2.13. The summed E-state index contributed by atoms with van der Waals surface area (Å²) in [4.78, 5) is 12.6. The Hall–Kier alpha value is -2.73. The predicted octanol–water partition coefficient (Wildman–Crippen LogP) is 3.89. The number of benzene rings is 2. The van der Waals surface area contributed by atoms with E-state index >= 15 is 0 Å². The van der Waals surface area contributed by atoms with Gasteiger partial charge >= 0.3 is 0 Å². The van der Waals surface area contributed by atoms with Gasteiger partial charge in [0.05, 0.1) is 33.6 Å². The van der Waals surface area contributed by atoms with Crippen LogP contribution >= 0.6 is 0 Å². The van der Waals surface area contributed by atoms with Crippen molar-refractivity contribution in [1.82, 2.24) is 0 Å². The van der Waals surface area contributed by atoms with Crippen molar-refractivity contribution in [3.63, 3.8) is 0 Å². The second-order valence-electron chi connectivity index (χ2n) is 5.60. The molecule has 0 aliphatic carbocycles. The lowest BCUT2D eigenvalue weighted by Gasteiger charge is -2.13. The number of carbonyl (C=O) groups excluding carboxylic acids is 1. The minimum atomic E-state index is -0.243. The Morgan fingerprint density at radius 2 is 1.73 bits per heavy atom. The van der Waals surface area contributed by atoms with Gasteiger partial charge in [-0.1, -0.05) is 6.92 Å². The van der Waals surface area contributed by atoms with Crippen LogP contribution in [-0.4, -0.2) is 33.8 Å². The summed E-state index contributed by atoms with van der Waals surface area (Å²) in [5.41, 5.74) is 1.91. The summed E-state index contributed by atoms with van der Waals surface area (Å²) < 4.78 is 21.4. The zero-order chi connectivity index (χ0) is 18.9. The minimum Gasteiger partial charge on any atom is -0.497 e. The lowest BCUT2D eigenvalue weighted by atomic mass is 10.1. The predicted molar refractivity (Wildman–Crippen MR) is 100 cm³/mol. The summed E-state index contributed by atoms with van der Waals surface area (Å²) in [5.74, 6) is 1.63. The lowest BCUT2D eigenvalue weighted by molar-refractivity contribution is 0.102. The second kappa shape index (κ2) is 9.68. The van der Waals surface area contributed by atoms with Crippen LogP contribution in [0.1, 0.15) is 29.3 Å². The van der Waals surface area contributed by atoms with Gasteiger partial charge in [0.25, 0.3) is 5.91 Å². The van der Waals surface area contributed by atoms with Gasteiger partial charge < -0.3 is 24.3 Å². The molecule has 0 unspecified atom stereocenters. The van der Waals surface area contributed by atoms with Crippen molar-refractivity contribution in [2.45, 2.75) is 20.0 Å². The third kappa shape index (κ3) is 4.89. The molecule has 0 heterocycles. The zero-order valence-corrected chi connectivity index (χ0v) is 15.6. The standard InChI is InChI=1S/C20H25NO5/c1-5-10-26-13-15-11-14(6-9-18(15)24-3)20(22)21-17-8-7-16(23-2)12-19(17)25-4/h6-9,11-12H,5,10,13H2,1-4H3,(H,21,22). The zero-order valence-electron chi connectivity index (χ0n) is 15.6. The average Bonchev–Trinajstić information content (AvgIpc) is 2.68. The molecule has 0 saturated carbocycles.